The number of aromatic nitrogens is 3. The SMILES string of the molecule is COc1ccc(NC(=O)N[C@@H]2CC[C@H](CCn3cc(-c4ccc(OC)cc4)nn3)O[C@@H]2CO)cc1. The van der Waals surface area contributed by atoms with Crippen LogP contribution in [0.3, 0.4) is 0 Å². The highest BCUT2D eigenvalue weighted by molar-refractivity contribution is 5.89. The van der Waals surface area contributed by atoms with Crippen molar-refractivity contribution >= 4 is 11.7 Å². The molecule has 0 unspecified atom stereocenters. The molecule has 0 radical (unpaired) electrons. The van der Waals surface area contributed by atoms with E-state index in [4.69, 9.17) is 14.2 Å². The quantitative estimate of drug-likeness (QED) is 0.430. The number of aryl methyl sites for hydroxylation is 1. The number of hydrogen-bond acceptors (Lipinski definition) is 7. The lowest BCUT2D eigenvalue weighted by Gasteiger charge is -2.36. The Labute approximate surface area is 204 Å². The first-order chi connectivity index (χ1) is 17.1. The smallest absolute Gasteiger partial charge is 0.319 e. The van der Waals surface area contributed by atoms with Crippen molar-refractivity contribution < 1.29 is 24.1 Å². The summed E-state index contributed by atoms with van der Waals surface area (Å²) in [5, 5.41) is 24.0. The Kier molecular flexibility index (Phi) is 8.17. The molecule has 1 aliphatic rings. The van der Waals surface area contributed by atoms with Crippen molar-refractivity contribution in [3.63, 3.8) is 0 Å². The zero-order chi connectivity index (χ0) is 24.6. The molecule has 10 nitrogen and oxygen atoms in total. The Morgan fingerprint density at radius 3 is 2.43 bits per heavy atom. The zero-order valence-electron chi connectivity index (χ0n) is 19.9. The van der Waals surface area contributed by atoms with Gasteiger partial charge in [0.2, 0.25) is 0 Å². The fourth-order valence-electron chi connectivity index (χ4n) is 4.10. The monoisotopic (exact) mass is 481 g/mol. The van der Waals surface area contributed by atoms with Gasteiger partial charge in [-0.15, -0.1) is 5.10 Å². The molecule has 3 N–H and O–H groups in total. The van der Waals surface area contributed by atoms with Gasteiger partial charge in [-0.1, -0.05) is 5.21 Å². The first-order valence-corrected chi connectivity index (χ1v) is 11.6. The third-order valence-corrected chi connectivity index (χ3v) is 6.06. The minimum atomic E-state index is -0.471. The Balaban J connectivity index is 1.25. The number of hydrogen-bond donors (Lipinski definition) is 3. The van der Waals surface area contributed by atoms with Crippen molar-refractivity contribution in [2.24, 2.45) is 0 Å². The molecule has 0 bridgehead atoms. The van der Waals surface area contributed by atoms with Crippen molar-refractivity contribution in [3.8, 4) is 22.8 Å². The van der Waals surface area contributed by atoms with Gasteiger partial charge >= 0.3 is 6.03 Å². The van der Waals surface area contributed by atoms with E-state index < -0.39 is 6.10 Å². The molecule has 3 atom stereocenters. The van der Waals surface area contributed by atoms with Crippen LogP contribution in [0.2, 0.25) is 0 Å². The van der Waals surface area contributed by atoms with Gasteiger partial charge in [0.25, 0.3) is 0 Å². The van der Waals surface area contributed by atoms with Crippen molar-refractivity contribution in [3.05, 3.63) is 54.7 Å². The molecule has 2 heterocycles. The molecule has 0 spiro atoms. The van der Waals surface area contributed by atoms with Crippen molar-refractivity contribution in [2.75, 3.05) is 26.1 Å². The molecule has 35 heavy (non-hydrogen) atoms. The van der Waals surface area contributed by atoms with Gasteiger partial charge < -0.3 is 30.0 Å². The molecule has 4 rings (SSSR count). The molecule has 1 aliphatic heterocycles. The van der Waals surface area contributed by atoms with Crippen LogP contribution < -0.4 is 20.1 Å². The second-order valence-corrected chi connectivity index (χ2v) is 8.37. The van der Waals surface area contributed by atoms with Gasteiger partial charge in [0.15, 0.2) is 0 Å². The number of carbonyl (C=O) groups is 1. The van der Waals surface area contributed by atoms with E-state index in [1.807, 2.05) is 30.5 Å². The summed E-state index contributed by atoms with van der Waals surface area (Å²) < 4.78 is 18.2. The number of methoxy groups -OCH3 is 2. The lowest BCUT2D eigenvalue weighted by atomic mass is 9.97. The standard InChI is InChI=1S/C25H31N5O5/c1-33-19-7-3-17(4-8-19)23-15-30(29-28-23)14-13-21-11-12-22(24(16-31)35-21)27-25(32)26-18-5-9-20(34-2)10-6-18/h3-10,15,21-22,24,31H,11-14,16H2,1-2H3,(H2,26,27,32)/t21-,22-,24-/m1/s1. The van der Waals surface area contributed by atoms with Crippen LogP contribution in [-0.2, 0) is 11.3 Å². The highest BCUT2D eigenvalue weighted by Crippen LogP contribution is 2.24. The predicted octanol–water partition coefficient (Wildman–Crippen LogP) is 3.08. The molecule has 1 fully saturated rings. The number of benzene rings is 2. The van der Waals surface area contributed by atoms with Gasteiger partial charge in [0.1, 0.15) is 23.3 Å². The highest BCUT2D eigenvalue weighted by atomic mass is 16.5. The molecule has 10 heteroatoms. The van der Waals surface area contributed by atoms with E-state index in [0.29, 0.717) is 24.4 Å². The zero-order valence-corrected chi connectivity index (χ0v) is 19.9. The third-order valence-electron chi connectivity index (χ3n) is 6.06. The number of ether oxygens (including phenoxy) is 3. The first kappa shape index (κ1) is 24.5. The molecular formula is C25H31N5O5. The average molecular weight is 482 g/mol. The summed E-state index contributed by atoms with van der Waals surface area (Å²) in [5.41, 5.74) is 2.41. The van der Waals surface area contributed by atoms with Gasteiger partial charge in [-0.25, -0.2) is 4.79 Å². The Morgan fingerprint density at radius 2 is 1.77 bits per heavy atom. The van der Waals surface area contributed by atoms with Crippen LogP contribution in [0.5, 0.6) is 11.5 Å². The average Bonchev–Trinajstić information content (AvgIpc) is 3.37. The maximum Gasteiger partial charge on any atom is 0.319 e. The van der Waals surface area contributed by atoms with Gasteiger partial charge in [0, 0.05) is 17.8 Å². The van der Waals surface area contributed by atoms with Gasteiger partial charge in [-0.3, -0.25) is 4.68 Å². The number of nitrogens with one attached hydrogen (secondary N) is 2. The van der Waals surface area contributed by atoms with E-state index in [0.717, 1.165) is 29.8 Å². The van der Waals surface area contributed by atoms with Crippen LogP contribution in [0.25, 0.3) is 11.3 Å². The lowest BCUT2D eigenvalue weighted by Crippen LogP contribution is -2.52. The highest BCUT2D eigenvalue weighted by Gasteiger charge is 2.31. The maximum absolute atomic E-state index is 12.4. The number of urea groups is 1. The molecule has 2 aromatic carbocycles. The second-order valence-electron chi connectivity index (χ2n) is 8.37. The predicted molar refractivity (Wildman–Crippen MR) is 131 cm³/mol. The van der Waals surface area contributed by atoms with E-state index >= 15 is 0 Å². The van der Waals surface area contributed by atoms with Crippen molar-refractivity contribution in [1.82, 2.24) is 20.3 Å². The number of anilines is 1. The maximum atomic E-state index is 12.4. The molecule has 0 aliphatic carbocycles. The summed E-state index contributed by atoms with van der Waals surface area (Å²) >= 11 is 0. The van der Waals surface area contributed by atoms with Gasteiger partial charge in [-0.2, -0.15) is 0 Å². The van der Waals surface area contributed by atoms with E-state index in [2.05, 4.69) is 20.9 Å². The minimum absolute atomic E-state index is 0.0384. The minimum Gasteiger partial charge on any atom is -0.497 e. The normalized spacial score (nSPS) is 19.7. The van der Waals surface area contributed by atoms with Crippen molar-refractivity contribution in [2.45, 2.75) is 44.1 Å². The number of amides is 2. The largest absolute Gasteiger partial charge is 0.497 e. The Hall–Kier alpha value is -3.63. The number of carbonyl (C=O) groups excluding carboxylic acids is 1. The number of aliphatic hydroxyl groups is 1. The summed E-state index contributed by atoms with van der Waals surface area (Å²) in [6.07, 6.45) is 3.60. The first-order valence-electron chi connectivity index (χ1n) is 11.6. The third kappa shape index (κ3) is 6.49. The molecule has 1 aromatic heterocycles. The second kappa shape index (κ2) is 11.7. The van der Waals surface area contributed by atoms with Gasteiger partial charge in [0.05, 0.1) is 39.2 Å². The van der Waals surface area contributed by atoms with Crippen LogP contribution in [0.4, 0.5) is 10.5 Å². The van der Waals surface area contributed by atoms with Gasteiger partial charge in [-0.05, 0) is 67.8 Å². The Morgan fingerprint density at radius 1 is 1.09 bits per heavy atom. The fourth-order valence-corrected chi connectivity index (χ4v) is 4.10. The van der Waals surface area contributed by atoms with E-state index in [1.165, 1.54) is 0 Å². The number of aliphatic hydroxyl groups excluding tert-OH is 1. The molecule has 3 aromatic rings. The van der Waals surface area contributed by atoms with E-state index in [-0.39, 0.29) is 24.8 Å². The van der Waals surface area contributed by atoms with Crippen LogP contribution in [0.1, 0.15) is 19.3 Å². The summed E-state index contributed by atoms with van der Waals surface area (Å²) in [7, 11) is 3.22. The molecule has 2 amide bonds. The summed E-state index contributed by atoms with van der Waals surface area (Å²) in [4.78, 5) is 12.4. The number of nitrogens with zero attached hydrogens (tertiary/aromatic N) is 3. The van der Waals surface area contributed by atoms with Crippen LogP contribution >= 0.6 is 0 Å². The summed E-state index contributed by atoms with van der Waals surface area (Å²) in [6.45, 7) is 0.469. The number of rotatable bonds is 9. The summed E-state index contributed by atoms with van der Waals surface area (Å²) in [6, 6.07) is 14.1. The topological polar surface area (TPSA) is 120 Å². The van der Waals surface area contributed by atoms with E-state index in [9.17, 15) is 9.90 Å². The molecule has 0 saturated carbocycles. The fraction of sp³-hybridized carbons (Fsp3) is 0.400. The van der Waals surface area contributed by atoms with E-state index in [1.54, 1.807) is 43.2 Å². The molecular weight excluding hydrogens is 450 g/mol. The molecule has 1 saturated heterocycles. The Bertz CT molecular complexity index is 1090. The lowest BCUT2D eigenvalue weighted by molar-refractivity contribution is -0.0905. The van der Waals surface area contributed by atoms with Crippen LogP contribution in [-0.4, -0.2) is 65.2 Å². The van der Waals surface area contributed by atoms with Crippen LogP contribution in [0, 0.1) is 0 Å². The summed E-state index contributed by atoms with van der Waals surface area (Å²) in [5.74, 6) is 1.51. The van der Waals surface area contributed by atoms with Crippen molar-refractivity contribution in [1.29, 1.82) is 0 Å². The molecule has 186 valence electrons. The van der Waals surface area contributed by atoms with Crippen LogP contribution in [0.15, 0.2) is 54.7 Å².